The smallest absolute Gasteiger partial charge is 0.306 e. The molecule has 0 aliphatic carbocycles. The molecule has 0 aromatic heterocycles. The molecule has 24 N–H and O–H groups in total. The fourth-order valence-electron chi connectivity index (χ4n) is 12.9. The Hall–Kier alpha value is -10.6. The maximum absolute atomic E-state index is 14.8. The van der Waals surface area contributed by atoms with Gasteiger partial charge in [-0.15, -0.1) is 0 Å². The van der Waals surface area contributed by atoms with Crippen LogP contribution in [0.3, 0.4) is 0 Å². The number of aliphatic carboxylic acids is 1. The molecular formula is C84H148N18O22. The lowest BCUT2D eigenvalue weighted by atomic mass is 9.98. The predicted molar refractivity (Wildman–Crippen MR) is 459 cm³/mol. The van der Waals surface area contributed by atoms with Gasteiger partial charge in [-0.05, 0) is 118 Å². The highest BCUT2D eigenvalue weighted by Gasteiger charge is 2.40. The van der Waals surface area contributed by atoms with Crippen molar-refractivity contribution in [2.45, 2.75) is 357 Å². The van der Waals surface area contributed by atoms with Crippen molar-refractivity contribution in [3.05, 3.63) is 0 Å². The summed E-state index contributed by atoms with van der Waals surface area (Å²) in [6, 6.07) is -20.0. The predicted octanol–water partition coefficient (Wildman–Crippen LogP) is 0.364. The number of carbonyl (C=O) groups excluding carboxylic acids is 19. The molecule has 0 radical (unpaired) electrons. The number of unbranched alkanes of at least 4 members (excludes halogenated alkanes) is 6. The number of amides is 18. The number of hydrogen-bond acceptors (Lipinski definition) is 21. The summed E-state index contributed by atoms with van der Waals surface area (Å²) < 4.78 is 5.54. The first-order chi connectivity index (χ1) is 57.8. The Morgan fingerprint density at radius 3 is 0.823 bits per heavy atom. The third-order valence-corrected chi connectivity index (χ3v) is 20.0. The second kappa shape index (κ2) is 60.1. The molecule has 706 valence electrons. The number of ether oxygens (including phenoxy) is 1. The third kappa shape index (κ3) is 49.0. The first kappa shape index (κ1) is 113. The van der Waals surface area contributed by atoms with Crippen LogP contribution in [0, 0.1) is 47.3 Å². The van der Waals surface area contributed by atoms with Gasteiger partial charge in [-0.3, -0.25) is 95.9 Å². The number of hydrogen-bond donors (Lipinski definition) is 19. The third-order valence-electron chi connectivity index (χ3n) is 20.0. The fourth-order valence-corrected chi connectivity index (χ4v) is 12.9. The standard InChI is InChI=1S/C84H148N18O22/c1-18-20-21-22-23-24-25-26-67(107)90-57(37-44(3)4)77(116)95-56(31-36-68(108)109)73(112)92-55(30-35-66(88)106)76(115)101-70(49(13)14)83(122)98-61(41-48(11)12)80(119)94-54(29-34-65(87)105)75(114)100-62(43-124-69(110)42-51(17)19-2)82(121)102-71(50(15)16)84(123)99-60(40-47(9)10)79(118)93-53(28-33-64(86)104)74(113)96-59(39-46(7)8)81(120)97-58(38-45(5)6)78(117)91-52(72(89)111)27-32-63(85)103/h44-62,70-71H,18-43H2,1-17H3,(H2,85,103)(H2,86,104)(H2,87,105)(H2,88,106)(H2,89,111)(H,90,107)(H,91,117)(H,92,112)(H,93,118)(H,94,119)(H,95,116)(H,96,113)(H,97,120)(H,98,122)(H,99,123)(H,100,114)(H,101,115)(H,102,121)(H,108,109)/t51-,52+,53+,54-,55+,56+,57-,58-,59-,60+,61+,62+,70-,71+/m0/s1. The van der Waals surface area contributed by atoms with Crippen molar-refractivity contribution >= 4 is 118 Å². The second-order valence-corrected chi connectivity index (χ2v) is 35.0. The Morgan fingerprint density at radius 2 is 0.532 bits per heavy atom. The molecular weight excluding hydrogens is 1610 g/mol. The van der Waals surface area contributed by atoms with Gasteiger partial charge in [-0.2, -0.15) is 0 Å². The number of esters is 1. The summed E-state index contributed by atoms with van der Waals surface area (Å²) in [5, 5.41) is 43.0. The van der Waals surface area contributed by atoms with Crippen molar-refractivity contribution in [1.29, 1.82) is 0 Å². The lowest BCUT2D eigenvalue weighted by Gasteiger charge is -2.30. The average molecular weight is 1760 g/mol. The van der Waals surface area contributed by atoms with Gasteiger partial charge < -0.3 is 108 Å². The van der Waals surface area contributed by atoms with E-state index in [0.29, 0.717) is 12.8 Å². The zero-order valence-electron chi connectivity index (χ0n) is 75.9. The molecule has 40 heteroatoms. The quantitative estimate of drug-likeness (QED) is 0.0289. The molecule has 0 spiro atoms. The minimum atomic E-state index is -1.90. The molecule has 0 aromatic carbocycles. The van der Waals surface area contributed by atoms with E-state index in [1.54, 1.807) is 76.2 Å². The number of primary amides is 5. The van der Waals surface area contributed by atoms with Crippen LogP contribution in [0.1, 0.15) is 278 Å². The van der Waals surface area contributed by atoms with E-state index >= 15 is 0 Å². The van der Waals surface area contributed by atoms with Gasteiger partial charge in [0.15, 0.2) is 0 Å². The van der Waals surface area contributed by atoms with Crippen LogP contribution < -0.4 is 97.8 Å². The highest BCUT2D eigenvalue weighted by atomic mass is 16.5. The van der Waals surface area contributed by atoms with Crippen molar-refractivity contribution < 1.29 is 106 Å². The molecule has 0 saturated carbocycles. The van der Waals surface area contributed by atoms with Crippen LogP contribution in [0.15, 0.2) is 0 Å². The first-order valence-electron chi connectivity index (χ1n) is 43.6. The molecule has 0 rings (SSSR count). The average Bonchev–Trinajstić information content (AvgIpc) is 0.814. The van der Waals surface area contributed by atoms with Crippen LogP contribution >= 0.6 is 0 Å². The summed E-state index contributed by atoms with van der Waals surface area (Å²) in [5.41, 5.74) is 27.4. The molecule has 0 unspecified atom stereocenters. The highest BCUT2D eigenvalue weighted by molar-refractivity contribution is 6.01. The van der Waals surface area contributed by atoms with Crippen LogP contribution in [-0.4, -0.2) is 209 Å². The molecule has 40 nitrogen and oxygen atoms in total. The molecule has 0 aliphatic heterocycles. The van der Waals surface area contributed by atoms with Crippen molar-refractivity contribution in [3.63, 3.8) is 0 Å². The molecule has 18 amide bonds. The summed E-state index contributed by atoms with van der Waals surface area (Å²) in [6.07, 6.45) is 2.25. The summed E-state index contributed by atoms with van der Waals surface area (Å²) in [4.78, 5) is 272. The van der Waals surface area contributed by atoms with E-state index in [2.05, 4.69) is 76.0 Å². The lowest BCUT2D eigenvalue weighted by Crippen LogP contribution is -2.62. The zero-order chi connectivity index (χ0) is 95.0. The first-order valence-corrected chi connectivity index (χ1v) is 43.6. The Balaban J connectivity index is 7.49. The molecule has 0 bridgehead atoms. The monoisotopic (exact) mass is 1760 g/mol. The van der Waals surface area contributed by atoms with Crippen LogP contribution in [0.5, 0.6) is 0 Å². The molecule has 0 heterocycles. The van der Waals surface area contributed by atoms with Crippen LogP contribution in [-0.2, 0) is 101 Å². The minimum absolute atomic E-state index is 0.0257. The van der Waals surface area contributed by atoms with E-state index in [9.17, 15) is 101 Å². The Labute approximate surface area is 729 Å². The maximum atomic E-state index is 14.8. The van der Waals surface area contributed by atoms with Crippen LogP contribution in [0.4, 0.5) is 0 Å². The number of nitrogens with one attached hydrogen (secondary N) is 13. The normalized spacial score (nSPS) is 14.8. The van der Waals surface area contributed by atoms with E-state index in [1.807, 2.05) is 6.92 Å². The summed E-state index contributed by atoms with van der Waals surface area (Å²) >= 11 is 0. The summed E-state index contributed by atoms with van der Waals surface area (Å²) in [5.74, 6) is -22.4. The highest BCUT2D eigenvalue weighted by Crippen LogP contribution is 2.19. The number of carboxylic acid groups (broad SMARTS) is 1. The zero-order valence-corrected chi connectivity index (χ0v) is 75.9. The number of carboxylic acids is 1. The van der Waals surface area contributed by atoms with Gasteiger partial charge >= 0.3 is 11.9 Å². The van der Waals surface area contributed by atoms with Gasteiger partial charge in [0.2, 0.25) is 106 Å². The molecule has 0 fully saturated rings. The molecule has 124 heavy (non-hydrogen) atoms. The van der Waals surface area contributed by atoms with Gasteiger partial charge in [-0.25, -0.2) is 0 Å². The van der Waals surface area contributed by atoms with Crippen molar-refractivity contribution in [2.24, 2.45) is 76.0 Å². The topological polar surface area (TPSA) is 657 Å². The Morgan fingerprint density at radius 1 is 0.282 bits per heavy atom. The van der Waals surface area contributed by atoms with E-state index in [-0.39, 0.29) is 87.4 Å². The van der Waals surface area contributed by atoms with E-state index in [1.165, 1.54) is 27.7 Å². The van der Waals surface area contributed by atoms with Crippen molar-refractivity contribution in [3.8, 4) is 0 Å². The summed E-state index contributed by atoms with van der Waals surface area (Å²) in [7, 11) is 0. The molecule has 0 aromatic rings. The van der Waals surface area contributed by atoms with Crippen LogP contribution in [0.2, 0.25) is 0 Å². The molecule has 0 saturated heterocycles. The minimum Gasteiger partial charge on any atom is -0.481 e. The lowest BCUT2D eigenvalue weighted by molar-refractivity contribution is -0.148. The van der Waals surface area contributed by atoms with Gasteiger partial charge in [-0.1, -0.05) is 163 Å². The number of nitrogens with two attached hydrogens (primary N) is 5. The summed E-state index contributed by atoms with van der Waals surface area (Å²) in [6.45, 7) is 28.2. The molecule has 0 aliphatic rings. The Bertz CT molecular complexity index is 3540. The number of carbonyl (C=O) groups is 20. The number of rotatable bonds is 66. The SMILES string of the molecule is CCCCCCCCCC(=O)N[C@@H](CC(C)C)C(=O)N[C@H](CCC(=O)O)C(=O)N[C@H](CCC(N)=O)C(=O)N[C@H](C(=O)N[C@H](CC(C)C)C(=O)N[C@@H](CCC(N)=O)C(=O)N[C@H](COC(=O)C[C@@H](C)CC)C(=O)N[C@@H](C(=O)N[C@H](CC(C)C)C(=O)N[C@H](CCC(N)=O)C(=O)N[C@@H](CC(C)C)C(=O)N[C@@H](CC(C)C)C(=O)N[C@H](CCC(N)=O)C(N)=O)C(C)C)C(C)C. The molecule has 14 atom stereocenters. The van der Waals surface area contributed by atoms with Gasteiger partial charge in [0.1, 0.15) is 85.2 Å². The van der Waals surface area contributed by atoms with E-state index < -0.39 is 273 Å². The van der Waals surface area contributed by atoms with Crippen molar-refractivity contribution in [2.75, 3.05) is 6.61 Å². The van der Waals surface area contributed by atoms with Crippen molar-refractivity contribution in [1.82, 2.24) is 69.1 Å². The maximum Gasteiger partial charge on any atom is 0.306 e. The van der Waals surface area contributed by atoms with E-state index in [0.717, 1.165) is 38.5 Å². The second-order valence-electron chi connectivity index (χ2n) is 35.0. The van der Waals surface area contributed by atoms with Crippen LogP contribution in [0.25, 0.3) is 0 Å². The Kier molecular flexibility index (Phi) is 54.9. The van der Waals surface area contributed by atoms with Gasteiger partial charge in [0.25, 0.3) is 0 Å². The fraction of sp³-hybridized carbons (Fsp3) is 0.762. The van der Waals surface area contributed by atoms with E-state index in [4.69, 9.17) is 33.4 Å². The van der Waals surface area contributed by atoms with Gasteiger partial charge in [0, 0.05) is 44.9 Å². The largest absolute Gasteiger partial charge is 0.481 e. The van der Waals surface area contributed by atoms with Gasteiger partial charge in [0.05, 0.1) is 0 Å².